The van der Waals surface area contributed by atoms with E-state index in [0.717, 1.165) is 27.6 Å². The first-order valence-corrected chi connectivity index (χ1v) is 9.84. The number of carbonyl (C=O) groups excluding carboxylic acids is 1. The van der Waals surface area contributed by atoms with Gasteiger partial charge >= 0.3 is 6.03 Å². The van der Waals surface area contributed by atoms with Gasteiger partial charge in [0.2, 0.25) is 5.88 Å². The lowest BCUT2D eigenvalue weighted by molar-refractivity contribution is 0.252. The number of urea groups is 1. The molecular formula is C23H22N6O2. The number of carbonyl (C=O) groups is 1. The lowest BCUT2D eigenvalue weighted by Crippen LogP contribution is -2.28. The number of hydrogen-bond acceptors (Lipinski definition) is 6. The van der Waals surface area contributed by atoms with E-state index in [1.165, 1.54) is 0 Å². The number of aromatic nitrogens is 3. The van der Waals surface area contributed by atoms with E-state index >= 15 is 0 Å². The number of benzene rings is 1. The van der Waals surface area contributed by atoms with Crippen molar-refractivity contribution in [2.75, 3.05) is 24.3 Å². The monoisotopic (exact) mass is 414 g/mol. The second-order valence-electron chi connectivity index (χ2n) is 6.69. The third-order valence-electron chi connectivity index (χ3n) is 4.67. The summed E-state index contributed by atoms with van der Waals surface area (Å²) in [4.78, 5) is 24.9. The summed E-state index contributed by atoms with van der Waals surface area (Å²) < 4.78 is 5.21. The highest BCUT2D eigenvalue weighted by molar-refractivity contribution is 6.05. The average molecular weight is 414 g/mol. The van der Waals surface area contributed by atoms with Gasteiger partial charge in [-0.1, -0.05) is 12.1 Å². The summed E-state index contributed by atoms with van der Waals surface area (Å²) in [7, 11) is 1.58. The average Bonchev–Trinajstić information content (AvgIpc) is 2.80. The Bertz CT molecular complexity index is 1210. The zero-order chi connectivity index (χ0) is 21.6. The maximum absolute atomic E-state index is 12.0. The van der Waals surface area contributed by atoms with Crippen LogP contribution in [0.25, 0.3) is 21.9 Å². The second kappa shape index (κ2) is 9.08. The first-order valence-electron chi connectivity index (χ1n) is 9.84. The molecule has 1 aromatic carbocycles. The molecule has 0 saturated heterocycles. The van der Waals surface area contributed by atoms with E-state index in [9.17, 15) is 4.79 Å². The highest BCUT2D eigenvalue weighted by Crippen LogP contribution is 2.35. The van der Waals surface area contributed by atoms with Gasteiger partial charge in [0, 0.05) is 42.3 Å². The molecule has 8 heteroatoms. The quantitative estimate of drug-likeness (QED) is 0.427. The molecular weight excluding hydrogens is 392 g/mol. The Hall–Kier alpha value is -4.20. The van der Waals surface area contributed by atoms with Gasteiger partial charge in [0.15, 0.2) is 0 Å². The highest BCUT2D eigenvalue weighted by Gasteiger charge is 2.12. The summed E-state index contributed by atoms with van der Waals surface area (Å²) in [5, 5.41) is 10.6. The molecule has 3 N–H and O–H groups in total. The Labute approximate surface area is 179 Å². The predicted octanol–water partition coefficient (Wildman–Crippen LogP) is 4.59. The number of fused-ring (bicyclic) bond motifs is 1. The number of hydrogen-bond donors (Lipinski definition) is 3. The smallest absolute Gasteiger partial charge is 0.320 e. The van der Waals surface area contributed by atoms with E-state index in [4.69, 9.17) is 4.74 Å². The SMILES string of the molecule is CCNC(=O)Nc1cc2c(-c3ccncc3)ccc(Nc3cccc(OC)n3)c2cn1. The first-order chi connectivity index (χ1) is 15.2. The molecule has 8 nitrogen and oxygen atoms in total. The Morgan fingerprint density at radius 3 is 2.65 bits per heavy atom. The molecule has 31 heavy (non-hydrogen) atoms. The summed E-state index contributed by atoms with van der Waals surface area (Å²) >= 11 is 0. The predicted molar refractivity (Wildman–Crippen MR) is 122 cm³/mol. The van der Waals surface area contributed by atoms with Crippen molar-refractivity contribution in [2.45, 2.75) is 6.92 Å². The summed E-state index contributed by atoms with van der Waals surface area (Å²) in [6.45, 7) is 2.39. The molecule has 0 aliphatic rings. The molecule has 0 fully saturated rings. The van der Waals surface area contributed by atoms with Gasteiger partial charge in [-0.25, -0.2) is 9.78 Å². The van der Waals surface area contributed by atoms with Gasteiger partial charge in [0.1, 0.15) is 11.6 Å². The van der Waals surface area contributed by atoms with Crippen molar-refractivity contribution < 1.29 is 9.53 Å². The zero-order valence-corrected chi connectivity index (χ0v) is 17.2. The van der Waals surface area contributed by atoms with E-state index < -0.39 is 0 Å². The first kappa shape index (κ1) is 20.1. The van der Waals surface area contributed by atoms with Crippen molar-refractivity contribution in [2.24, 2.45) is 0 Å². The molecule has 0 aliphatic heterocycles. The van der Waals surface area contributed by atoms with Crippen LogP contribution in [0.3, 0.4) is 0 Å². The van der Waals surface area contributed by atoms with Crippen molar-refractivity contribution in [3.63, 3.8) is 0 Å². The van der Waals surface area contributed by atoms with Gasteiger partial charge in [-0.3, -0.25) is 10.3 Å². The third-order valence-corrected chi connectivity index (χ3v) is 4.67. The molecule has 3 heterocycles. The fourth-order valence-corrected chi connectivity index (χ4v) is 3.26. The molecule has 0 bridgehead atoms. The Balaban J connectivity index is 1.80. The van der Waals surface area contributed by atoms with E-state index in [0.29, 0.717) is 24.1 Å². The molecule has 156 valence electrons. The van der Waals surface area contributed by atoms with Crippen LogP contribution in [0.5, 0.6) is 5.88 Å². The Morgan fingerprint density at radius 2 is 1.87 bits per heavy atom. The minimum atomic E-state index is -0.297. The number of nitrogens with one attached hydrogen (secondary N) is 3. The number of methoxy groups -OCH3 is 1. The molecule has 0 atom stereocenters. The molecule has 4 rings (SSSR count). The van der Waals surface area contributed by atoms with Crippen LogP contribution in [0.1, 0.15) is 6.92 Å². The van der Waals surface area contributed by atoms with Crippen molar-refractivity contribution in [1.29, 1.82) is 0 Å². The van der Waals surface area contributed by atoms with Crippen molar-refractivity contribution in [3.8, 4) is 17.0 Å². The molecule has 0 aliphatic carbocycles. The minimum Gasteiger partial charge on any atom is -0.481 e. The normalized spacial score (nSPS) is 10.5. The van der Waals surface area contributed by atoms with Gasteiger partial charge in [0.25, 0.3) is 0 Å². The maximum Gasteiger partial charge on any atom is 0.320 e. The minimum absolute atomic E-state index is 0.297. The topological polar surface area (TPSA) is 101 Å². The molecule has 3 aromatic heterocycles. The molecule has 4 aromatic rings. The zero-order valence-electron chi connectivity index (χ0n) is 17.2. The largest absolute Gasteiger partial charge is 0.481 e. The van der Waals surface area contributed by atoms with E-state index in [1.807, 2.05) is 49.4 Å². The summed E-state index contributed by atoms with van der Waals surface area (Å²) in [6, 6.07) is 15.0. The highest BCUT2D eigenvalue weighted by atomic mass is 16.5. The number of rotatable bonds is 6. The Kier molecular flexibility index (Phi) is 5.89. The summed E-state index contributed by atoms with van der Waals surface area (Å²) in [5.74, 6) is 1.64. The van der Waals surface area contributed by atoms with Gasteiger partial charge in [-0.05, 0) is 53.8 Å². The standard InChI is InChI=1S/C23H22N6O2/c1-3-25-23(30)29-21-13-17-16(15-9-11-24-12-10-15)7-8-19(18(17)14-26-21)27-20-5-4-6-22(28-20)31-2/h4-14H,3H2,1-2H3,(H,27,28)(H2,25,26,29,30). The number of amides is 2. The molecule has 0 radical (unpaired) electrons. The van der Waals surface area contributed by atoms with Crippen molar-refractivity contribution >= 4 is 34.1 Å². The van der Waals surface area contributed by atoms with Crippen molar-refractivity contribution in [3.05, 3.63) is 67.1 Å². The number of ether oxygens (including phenoxy) is 1. The van der Waals surface area contributed by atoms with Crippen LogP contribution in [-0.2, 0) is 0 Å². The number of anilines is 3. The van der Waals surface area contributed by atoms with Gasteiger partial charge in [-0.15, -0.1) is 0 Å². The lowest BCUT2D eigenvalue weighted by Gasteiger charge is -2.14. The molecule has 0 saturated carbocycles. The van der Waals surface area contributed by atoms with Crippen molar-refractivity contribution in [1.82, 2.24) is 20.3 Å². The Morgan fingerprint density at radius 1 is 1.03 bits per heavy atom. The van der Waals surface area contributed by atoms with E-state index in [2.05, 4.69) is 30.9 Å². The second-order valence-corrected chi connectivity index (χ2v) is 6.69. The van der Waals surface area contributed by atoms with Crippen LogP contribution >= 0.6 is 0 Å². The fourth-order valence-electron chi connectivity index (χ4n) is 3.26. The summed E-state index contributed by atoms with van der Waals surface area (Å²) in [6.07, 6.45) is 5.25. The van der Waals surface area contributed by atoms with Crippen LogP contribution in [0, 0.1) is 0 Å². The maximum atomic E-state index is 12.0. The number of pyridine rings is 3. The fraction of sp³-hybridized carbons (Fsp3) is 0.130. The molecule has 0 spiro atoms. The third kappa shape index (κ3) is 4.53. The van der Waals surface area contributed by atoms with Crippen LogP contribution < -0.4 is 20.7 Å². The van der Waals surface area contributed by atoms with Crippen LogP contribution in [0.2, 0.25) is 0 Å². The molecule has 2 amide bonds. The van der Waals surface area contributed by atoms with Gasteiger partial charge in [-0.2, -0.15) is 4.98 Å². The van der Waals surface area contributed by atoms with Gasteiger partial charge in [0.05, 0.1) is 7.11 Å². The number of nitrogens with zero attached hydrogens (tertiary/aromatic N) is 3. The van der Waals surface area contributed by atoms with Crippen LogP contribution in [-0.4, -0.2) is 34.6 Å². The van der Waals surface area contributed by atoms with Gasteiger partial charge < -0.3 is 15.4 Å². The lowest BCUT2D eigenvalue weighted by atomic mass is 9.99. The van der Waals surface area contributed by atoms with E-state index in [-0.39, 0.29) is 6.03 Å². The van der Waals surface area contributed by atoms with Crippen LogP contribution in [0.4, 0.5) is 22.1 Å². The molecule has 0 unspecified atom stereocenters. The van der Waals surface area contributed by atoms with Crippen LogP contribution in [0.15, 0.2) is 67.1 Å². The van der Waals surface area contributed by atoms with E-state index in [1.54, 1.807) is 31.8 Å². The summed E-state index contributed by atoms with van der Waals surface area (Å²) in [5.41, 5.74) is 2.86.